The molecule has 1 aliphatic heterocycles. The molecule has 29 heavy (non-hydrogen) atoms. The first-order chi connectivity index (χ1) is 13.9. The molecule has 0 bridgehead atoms. The summed E-state index contributed by atoms with van der Waals surface area (Å²) in [7, 11) is -3.94. The van der Waals surface area contributed by atoms with E-state index in [-0.39, 0.29) is 17.1 Å². The second kappa shape index (κ2) is 9.50. The minimum absolute atomic E-state index is 0.0360. The van der Waals surface area contributed by atoms with Gasteiger partial charge >= 0.3 is 0 Å². The maximum Gasteiger partial charge on any atom is 0.270 e. The number of pyridine rings is 1. The van der Waals surface area contributed by atoms with Crippen LogP contribution in [0.4, 0.5) is 11.4 Å². The molecule has 156 valence electrons. The Morgan fingerprint density at radius 1 is 1.17 bits per heavy atom. The van der Waals surface area contributed by atoms with Crippen LogP contribution in [0.1, 0.15) is 11.1 Å². The van der Waals surface area contributed by atoms with Crippen LogP contribution in [-0.2, 0) is 23.0 Å². The van der Waals surface area contributed by atoms with E-state index in [0.29, 0.717) is 42.4 Å². The van der Waals surface area contributed by atoms with Crippen molar-refractivity contribution in [1.82, 2.24) is 9.29 Å². The molecule has 2 heterocycles. The number of hydrogen-bond donors (Lipinski definition) is 0. The Kier molecular flexibility index (Phi) is 7.25. The summed E-state index contributed by atoms with van der Waals surface area (Å²) in [6, 6.07) is 5.86. The van der Waals surface area contributed by atoms with E-state index in [1.54, 1.807) is 12.4 Å². The molecule has 0 unspecified atom stereocenters. The first kappa shape index (κ1) is 22.1. The van der Waals surface area contributed by atoms with Crippen LogP contribution >= 0.6 is 31.9 Å². The molecule has 1 aliphatic rings. The van der Waals surface area contributed by atoms with Crippen LogP contribution < -0.4 is 4.90 Å². The van der Waals surface area contributed by atoms with Crippen LogP contribution in [0, 0.1) is 10.1 Å². The molecule has 0 saturated heterocycles. The number of anilines is 1. The highest BCUT2D eigenvalue weighted by Gasteiger charge is 2.32. The van der Waals surface area contributed by atoms with Crippen LogP contribution in [0.3, 0.4) is 0 Å². The highest BCUT2D eigenvalue weighted by Crippen LogP contribution is 2.34. The molecule has 8 nitrogen and oxygen atoms in total. The molecular formula is C18H20Br2N4O4S. The van der Waals surface area contributed by atoms with Crippen molar-refractivity contribution in [3.8, 4) is 0 Å². The van der Waals surface area contributed by atoms with Gasteiger partial charge in [-0.3, -0.25) is 15.1 Å². The predicted octanol–water partition coefficient (Wildman–Crippen LogP) is 3.33. The van der Waals surface area contributed by atoms with Crippen molar-refractivity contribution < 1.29 is 13.3 Å². The van der Waals surface area contributed by atoms with Gasteiger partial charge in [-0.2, -0.15) is 4.31 Å². The largest absolute Gasteiger partial charge is 0.369 e. The predicted molar refractivity (Wildman–Crippen MR) is 118 cm³/mol. The summed E-state index contributed by atoms with van der Waals surface area (Å²) in [6.45, 7) is 1.67. The highest BCUT2D eigenvalue weighted by atomic mass is 79.9. The number of non-ortho nitro benzene ring substituents is 1. The number of sulfonamides is 1. The van der Waals surface area contributed by atoms with E-state index in [0.717, 1.165) is 11.1 Å². The zero-order chi connectivity index (χ0) is 21.0. The molecule has 0 atom stereocenters. The molecule has 0 N–H and O–H groups in total. The van der Waals surface area contributed by atoms with Gasteiger partial charge in [-0.05, 0) is 29.7 Å². The van der Waals surface area contributed by atoms with Crippen molar-refractivity contribution in [2.75, 3.05) is 35.2 Å². The first-order valence-corrected chi connectivity index (χ1v) is 12.6. The number of nitro groups is 1. The third-order valence-electron chi connectivity index (χ3n) is 4.80. The fraction of sp³-hybridized carbons (Fsp3) is 0.389. The Balaban J connectivity index is 2.06. The van der Waals surface area contributed by atoms with Crippen LogP contribution in [-0.4, -0.2) is 52.9 Å². The lowest BCUT2D eigenvalue weighted by molar-refractivity contribution is -0.385. The molecule has 0 fully saturated rings. The van der Waals surface area contributed by atoms with Crippen molar-refractivity contribution in [3.63, 3.8) is 0 Å². The summed E-state index contributed by atoms with van der Waals surface area (Å²) in [5.41, 5.74) is 2.15. The fourth-order valence-corrected chi connectivity index (χ4v) is 5.84. The molecule has 3 rings (SSSR count). The van der Waals surface area contributed by atoms with Gasteiger partial charge in [0, 0.05) is 61.4 Å². The van der Waals surface area contributed by atoms with Gasteiger partial charge in [0.15, 0.2) is 0 Å². The molecule has 0 aliphatic carbocycles. The van der Waals surface area contributed by atoms with Crippen molar-refractivity contribution in [3.05, 3.63) is 57.9 Å². The monoisotopic (exact) mass is 546 g/mol. The maximum atomic E-state index is 13.5. The summed E-state index contributed by atoms with van der Waals surface area (Å²) >= 11 is 6.79. The number of fused-ring (bicyclic) bond motifs is 1. The minimum Gasteiger partial charge on any atom is -0.369 e. The smallest absolute Gasteiger partial charge is 0.270 e. The number of halogens is 2. The third-order valence-corrected chi connectivity index (χ3v) is 7.39. The number of benzene rings is 1. The highest BCUT2D eigenvalue weighted by molar-refractivity contribution is 9.09. The van der Waals surface area contributed by atoms with Crippen molar-refractivity contribution in [2.45, 2.75) is 17.9 Å². The van der Waals surface area contributed by atoms with Gasteiger partial charge in [0.25, 0.3) is 5.69 Å². The van der Waals surface area contributed by atoms with Gasteiger partial charge in [0.1, 0.15) is 4.90 Å². The molecule has 0 radical (unpaired) electrons. The summed E-state index contributed by atoms with van der Waals surface area (Å²) < 4.78 is 28.5. The van der Waals surface area contributed by atoms with Crippen LogP contribution in [0.2, 0.25) is 0 Å². The molecule has 2 aromatic rings. The van der Waals surface area contributed by atoms with E-state index in [4.69, 9.17) is 0 Å². The average Bonchev–Trinajstić information content (AvgIpc) is 2.72. The lowest BCUT2D eigenvalue weighted by Gasteiger charge is -2.31. The molecule has 0 amide bonds. The topological polar surface area (TPSA) is 96.7 Å². The number of alkyl halides is 2. The summed E-state index contributed by atoms with van der Waals surface area (Å²) in [5, 5.41) is 12.6. The summed E-state index contributed by atoms with van der Waals surface area (Å²) in [5.74, 6) is 0. The van der Waals surface area contributed by atoms with Gasteiger partial charge in [-0.1, -0.05) is 31.9 Å². The quantitative estimate of drug-likeness (QED) is 0.286. The number of rotatable bonds is 8. The van der Waals surface area contributed by atoms with Crippen LogP contribution in [0.25, 0.3) is 0 Å². The standard InChI is InChI=1S/C18H20Br2N4O4S/c19-5-9-22(10-6-20)17-2-1-16(24(25)26)11-18(17)29(27,28)23-8-4-14-12-21-7-3-15(14)13-23/h1-3,7,11-12H,4-6,8-10,13H2. The second-order valence-electron chi connectivity index (χ2n) is 6.51. The van der Waals surface area contributed by atoms with E-state index in [1.165, 1.54) is 22.5 Å². The van der Waals surface area contributed by atoms with Gasteiger partial charge in [0.05, 0.1) is 10.6 Å². The van der Waals surface area contributed by atoms with E-state index in [1.807, 2.05) is 11.0 Å². The fourth-order valence-electron chi connectivity index (χ4n) is 3.33. The SMILES string of the molecule is O=[N+]([O-])c1ccc(N(CCBr)CCBr)c(S(=O)(=O)N2CCc3cnccc3C2)c1. The molecule has 11 heteroatoms. The first-order valence-electron chi connectivity index (χ1n) is 8.95. The molecule has 0 spiro atoms. The zero-order valence-corrected chi connectivity index (χ0v) is 19.5. The molecule has 1 aromatic heterocycles. The number of hydrogen-bond acceptors (Lipinski definition) is 6. The number of nitrogens with zero attached hydrogens (tertiary/aromatic N) is 4. The lowest BCUT2D eigenvalue weighted by atomic mass is 10.0. The molecule has 1 aromatic carbocycles. The van der Waals surface area contributed by atoms with Gasteiger partial charge < -0.3 is 4.90 Å². The Hall–Kier alpha value is -1.56. The van der Waals surface area contributed by atoms with Gasteiger partial charge in [0.2, 0.25) is 10.0 Å². The second-order valence-corrected chi connectivity index (χ2v) is 10.00. The van der Waals surface area contributed by atoms with Crippen molar-refractivity contribution in [1.29, 1.82) is 0 Å². The van der Waals surface area contributed by atoms with Crippen LogP contribution in [0.5, 0.6) is 0 Å². The maximum absolute atomic E-state index is 13.5. The van der Waals surface area contributed by atoms with Crippen molar-refractivity contribution >= 4 is 53.3 Å². The van der Waals surface area contributed by atoms with E-state index >= 15 is 0 Å². The summed E-state index contributed by atoms with van der Waals surface area (Å²) in [4.78, 5) is 16.7. The minimum atomic E-state index is -3.94. The zero-order valence-electron chi connectivity index (χ0n) is 15.5. The van der Waals surface area contributed by atoms with E-state index < -0.39 is 14.9 Å². The Morgan fingerprint density at radius 3 is 2.55 bits per heavy atom. The summed E-state index contributed by atoms with van der Waals surface area (Å²) in [6.07, 6.45) is 3.95. The molecule has 0 saturated carbocycles. The third kappa shape index (κ3) is 4.79. The normalized spacial score (nSPS) is 14.4. The van der Waals surface area contributed by atoms with Crippen LogP contribution in [0.15, 0.2) is 41.6 Å². The van der Waals surface area contributed by atoms with Gasteiger partial charge in [-0.15, -0.1) is 0 Å². The van der Waals surface area contributed by atoms with E-state index in [2.05, 4.69) is 36.8 Å². The Morgan fingerprint density at radius 2 is 1.90 bits per heavy atom. The Labute approximate surface area is 186 Å². The Bertz CT molecular complexity index is 997. The number of aromatic nitrogens is 1. The number of nitro benzene ring substituents is 1. The van der Waals surface area contributed by atoms with E-state index in [9.17, 15) is 18.5 Å². The van der Waals surface area contributed by atoms with Crippen molar-refractivity contribution in [2.24, 2.45) is 0 Å². The molecular weight excluding hydrogens is 528 g/mol. The lowest BCUT2D eigenvalue weighted by Crippen LogP contribution is -2.37. The van der Waals surface area contributed by atoms with Gasteiger partial charge in [-0.25, -0.2) is 8.42 Å². The average molecular weight is 548 g/mol.